The zero-order valence-electron chi connectivity index (χ0n) is 24.1. The van der Waals surface area contributed by atoms with Crippen molar-refractivity contribution < 1.29 is 0 Å². The van der Waals surface area contributed by atoms with Gasteiger partial charge in [-0.2, -0.15) is 0 Å². The third-order valence-electron chi connectivity index (χ3n) is 11.7. The van der Waals surface area contributed by atoms with Crippen LogP contribution in [0, 0.1) is 5.92 Å². The highest BCUT2D eigenvalue weighted by Gasteiger charge is 2.44. The fraction of sp³-hybridized carbons (Fsp3) is 0.829. The minimum absolute atomic E-state index is 0.00539. The molecule has 5 aliphatic rings. The summed E-state index contributed by atoms with van der Waals surface area (Å²) in [5, 5.41) is 1.92. The van der Waals surface area contributed by atoms with Gasteiger partial charge in [0.15, 0.2) is 0 Å². The molecule has 5 fully saturated rings. The van der Waals surface area contributed by atoms with Crippen molar-refractivity contribution in [2.24, 2.45) is 5.92 Å². The van der Waals surface area contributed by atoms with E-state index >= 15 is 0 Å². The SMILES string of the molecule is C[C@@H](C1CCC[C@@H]1c1ccccc1P(C1CCCCC1)C1CCCCC1)P(C1CCCC1)C1CCCC1. The van der Waals surface area contributed by atoms with Crippen LogP contribution in [0.5, 0.6) is 0 Å². The summed E-state index contributed by atoms with van der Waals surface area (Å²) in [6, 6.07) is 10.2. The molecule has 2 heteroatoms. The first-order valence-corrected chi connectivity index (χ1v) is 20.0. The van der Waals surface area contributed by atoms with Crippen LogP contribution in [0.1, 0.15) is 153 Å². The Labute approximate surface area is 232 Å². The van der Waals surface area contributed by atoms with Crippen LogP contribution < -0.4 is 5.30 Å². The number of hydrogen-bond acceptors (Lipinski definition) is 0. The van der Waals surface area contributed by atoms with E-state index in [1.165, 1.54) is 109 Å². The van der Waals surface area contributed by atoms with Gasteiger partial charge < -0.3 is 0 Å². The lowest BCUT2D eigenvalue weighted by Crippen LogP contribution is -2.31. The van der Waals surface area contributed by atoms with E-state index in [1.807, 2.05) is 10.9 Å². The van der Waals surface area contributed by atoms with Crippen LogP contribution in [0.4, 0.5) is 0 Å². The van der Waals surface area contributed by atoms with Gasteiger partial charge >= 0.3 is 0 Å². The van der Waals surface area contributed by atoms with Gasteiger partial charge in [0.25, 0.3) is 0 Å². The molecule has 206 valence electrons. The molecular formula is C35H56P2. The Hall–Kier alpha value is 0.0800. The predicted molar refractivity (Wildman–Crippen MR) is 168 cm³/mol. The molecule has 0 heterocycles. The van der Waals surface area contributed by atoms with E-state index in [4.69, 9.17) is 0 Å². The highest BCUT2D eigenvalue weighted by molar-refractivity contribution is 7.67. The standard InChI is InChI=1S/C35H56P2/c1-27(36(28-19-8-9-20-28)29-21-10-11-22-29)32-24-14-25-33(32)34-23-12-13-26-35(34)37(30-15-4-2-5-16-30)31-17-6-3-7-18-31/h12-13,23,26-33H,2-11,14-22,24-25H2,1H3/t27-,32?,33-/m0/s1. The molecule has 5 aliphatic carbocycles. The Balaban J connectivity index is 1.30. The Morgan fingerprint density at radius 1 is 0.541 bits per heavy atom. The van der Waals surface area contributed by atoms with Crippen molar-refractivity contribution in [3.05, 3.63) is 29.8 Å². The monoisotopic (exact) mass is 538 g/mol. The molecule has 0 N–H and O–H groups in total. The van der Waals surface area contributed by atoms with Crippen molar-refractivity contribution in [2.45, 2.75) is 176 Å². The van der Waals surface area contributed by atoms with Gasteiger partial charge in [0.1, 0.15) is 0 Å². The highest BCUT2D eigenvalue weighted by Crippen LogP contribution is 2.65. The molecule has 0 spiro atoms. The van der Waals surface area contributed by atoms with E-state index in [9.17, 15) is 0 Å². The molecule has 3 atom stereocenters. The quantitative estimate of drug-likeness (QED) is 0.289. The van der Waals surface area contributed by atoms with E-state index in [2.05, 4.69) is 31.2 Å². The molecular weight excluding hydrogens is 482 g/mol. The lowest BCUT2D eigenvalue weighted by atomic mass is 9.87. The van der Waals surface area contributed by atoms with Gasteiger partial charge in [-0.25, -0.2) is 0 Å². The minimum atomic E-state index is 0.00539. The Kier molecular flexibility index (Phi) is 9.70. The average molecular weight is 539 g/mol. The second-order valence-electron chi connectivity index (χ2n) is 13.8. The second kappa shape index (κ2) is 13.2. The van der Waals surface area contributed by atoms with Crippen LogP contribution in [0.2, 0.25) is 0 Å². The van der Waals surface area contributed by atoms with Crippen LogP contribution in [0.15, 0.2) is 24.3 Å². The zero-order valence-corrected chi connectivity index (χ0v) is 25.9. The van der Waals surface area contributed by atoms with Crippen molar-refractivity contribution in [1.29, 1.82) is 0 Å². The van der Waals surface area contributed by atoms with Crippen molar-refractivity contribution in [3.8, 4) is 0 Å². The van der Waals surface area contributed by atoms with Gasteiger partial charge in [-0.15, -0.1) is 0 Å². The molecule has 0 saturated heterocycles. The lowest BCUT2D eigenvalue weighted by Gasteiger charge is -2.42. The van der Waals surface area contributed by atoms with E-state index in [0.717, 1.165) is 40.1 Å². The molecule has 0 aliphatic heterocycles. The summed E-state index contributed by atoms with van der Waals surface area (Å²) in [4.78, 5) is 0. The molecule has 0 radical (unpaired) electrons. The maximum Gasteiger partial charge on any atom is -0.0121 e. The predicted octanol–water partition coefficient (Wildman–Crippen LogP) is 11.1. The Bertz CT molecular complexity index is 791. The van der Waals surface area contributed by atoms with Crippen LogP contribution >= 0.6 is 15.8 Å². The van der Waals surface area contributed by atoms with Crippen LogP contribution in [0.25, 0.3) is 0 Å². The van der Waals surface area contributed by atoms with Crippen LogP contribution in [-0.2, 0) is 0 Å². The van der Waals surface area contributed by atoms with E-state index < -0.39 is 0 Å². The molecule has 0 bridgehead atoms. The van der Waals surface area contributed by atoms with Gasteiger partial charge in [-0.1, -0.05) is 118 Å². The molecule has 0 aromatic heterocycles. The second-order valence-corrected chi connectivity index (χ2v) is 19.7. The summed E-state index contributed by atoms with van der Waals surface area (Å²) >= 11 is 0. The Morgan fingerprint density at radius 2 is 1.03 bits per heavy atom. The van der Waals surface area contributed by atoms with Crippen LogP contribution in [0.3, 0.4) is 0 Å². The van der Waals surface area contributed by atoms with E-state index in [0.29, 0.717) is 0 Å². The van der Waals surface area contributed by atoms with Gasteiger partial charge in [0.2, 0.25) is 0 Å². The first kappa shape index (κ1) is 27.3. The molecule has 1 unspecified atom stereocenters. The topological polar surface area (TPSA) is 0 Å². The minimum Gasteiger partial charge on any atom is -0.0971 e. The number of rotatable bonds is 8. The largest absolute Gasteiger partial charge is 0.0971 e. The molecule has 6 rings (SSSR count). The van der Waals surface area contributed by atoms with Gasteiger partial charge in [-0.3, -0.25) is 0 Å². The fourth-order valence-corrected chi connectivity index (χ4v) is 18.7. The smallest absolute Gasteiger partial charge is 0.0121 e. The van der Waals surface area contributed by atoms with Gasteiger partial charge in [0.05, 0.1) is 0 Å². The number of benzene rings is 1. The van der Waals surface area contributed by atoms with Gasteiger partial charge in [0, 0.05) is 0 Å². The van der Waals surface area contributed by atoms with Crippen molar-refractivity contribution in [3.63, 3.8) is 0 Å². The normalized spacial score (nSPS) is 30.1. The molecule has 5 saturated carbocycles. The maximum atomic E-state index is 2.79. The van der Waals surface area contributed by atoms with Gasteiger partial charge in [-0.05, 0) is 115 Å². The lowest BCUT2D eigenvalue weighted by molar-refractivity contribution is 0.472. The molecule has 1 aromatic carbocycles. The highest BCUT2D eigenvalue weighted by atomic mass is 31.1. The average Bonchev–Trinajstić information content (AvgIpc) is 3.74. The fourth-order valence-electron chi connectivity index (χ4n) is 9.99. The van der Waals surface area contributed by atoms with E-state index in [-0.39, 0.29) is 15.8 Å². The summed E-state index contributed by atoms with van der Waals surface area (Å²) < 4.78 is 0. The maximum absolute atomic E-state index is 2.79. The third-order valence-corrected chi connectivity index (χ3v) is 19.3. The summed E-state index contributed by atoms with van der Waals surface area (Å²) in [5.74, 6) is 1.85. The summed E-state index contributed by atoms with van der Waals surface area (Å²) in [5.41, 5.74) is 7.17. The first-order valence-electron chi connectivity index (χ1n) is 17.0. The number of hydrogen-bond donors (Lipinski definition) is 0. The van der Waals surface area contributed by atoms with E-state index in [1.54, 1.807) is 25.7 Å². The summed E-state index contributed by atoms with van der Waals surface area (Å²) in [7, 11) is 0.209. The summed E-state index contributed by atoms with van der Waals surface area (Å²) in [6.45, 7) is 2.79. The molecule has 0 nitrogen and oxygen atoms in total. The van der Waals surface area contributed by atoms with Crippen molar-refractivity contribution >= 4 is 21.1 Å². The first-order chi connectivity index (χ1) is 18.3. The van der Waals surface area contributed by atoms with Crippen molar-refractivity contribution in [1.82, 2.24) is 0 Å². The molecule has 0 amide bonds. The van der Waals surface area contributed by atoms with Crippen LogP contribution in [-0.4, -0.2) is 28.3 Å². The zero-order chi connectivity index (χ0) is 25.0. The molecule has 37 heavy (non-hydrogen) atoms. The van der Waals surface area contributed by atoms with Crippen molar-refractivity contribution in [2.75, 3.05) is 0 Å². The molecule has 1 aromatic rings. The third kappa shape index (κ3) is 6.07. The Morgan fingerprint density at radius 3 is 1.59 bits per heavy atom. The summed E-state index contributed by atoms with van der Waals surface area (Å²) in [6.07, 6.45) is 32.2.